The third kappa shape index (κ3) is 8.59. The van der Waals surface area contributed by atoms with Crippen molar-refractivity contribution in [3.05, 3.63) is 155 Å². The smallest absolute Gasteiger partial charge is 0.251 e. The van der Waals surface area contributed by atoms with Crippen molar-refractivity contribution in [2.45, 2.75) is 49.9 Å². The van der Waals surface area contributed by atoms with Crippen LogP contribution >= 0.6 is 11.8 Å². The molecule has 2 amide bonds. The number of thioether (sulfide) groups is 1. The van der Waals surface area contributed by atoms with Gasteiger partial charge in [0.2, 0.25) is 5.91 Å². The molecule has 6 rings (SSSR count). The Hall–Kier alpha value is -4.73. The molecule has 48 heavy (non-hydrogen) atoms. The van der Waals surface area contributed by atoms with E-state index in [4.69, 9.17) is 9.47 Å². The molecule has 7 nitrogen and oxygen atoms in total. The Morgan fingerprint density at radius 2 is 1.48 bits per heavy atom. The molecule has 5 aromatic carbocycles. The molecule has 244 valence electrons. The number of aliphatic hydroxyl groups excluding tert-OH is 1. The minimum Gasteiger partial charge on any atom is -0.392 e. The largest absolute Gasteiger partial charge is 0.392 e. The Morgan fingerprint density at radius 1 is 0.792 bits per heavy atom. The fourth-order valence-corrected chi connectivity index (χ4v) is 6.61. The van der Waals surface area contributed by atoms with E-state index in [2.05, 4.69) is 28.8 Å². The molecular formula is C40H38N2O5S. The monoisotopic (exact) mass is 658 g/mol. The number of benzene rings is 5. The zero-order valence-electron chi connectivity index (χ0n) is 26.7. The number of rotatable bonds is 11. The minimum absolute atomic E-state index is 0.00753. The number of anilines is 1. The van der Waals surface area contributed by atoms with Crippen molar-refractivity contribution in [1.82, 2.24) is 5.32 Å². The number of amides is 2. The van der Waals surface area contributed by atoms with Crippen LogP contribution in [0.4, 0.5) is 5.69 Å². The third-order valence-electron chi connectivity index (χ3n) is 8.21. The third-order valence-corrected chi connectivity index (χ3v) is 9.36. The van der Waals surface area contributed by atoms with E-state index in [1.165, 1.54) is 6.92 Å². The molecule has 0 aliphatic carbocycles. The maximum Gasteiger partial charge on any atom is 0.251 e. The van der Waals surface area contributed by atoms with Gasteiger partial charge >= 0.3 is 0 Å². The average molecular weight is 659 g/mol. The highest BCUT2D eigenvalue weighted by Gasteiger charge is 2.32. The predicted molar refractivity (Wildman–Crippen MR) is 189 cm³/mol. The van der Waals surface area contributed by atoms with Gasteiger partial charge in [-0.25, -0.2) is 0 Å². The van der Waals surface area contributed by atoms with Crippen molar-refractivity contribution >= 4 is 29.3 Å². The summed E-state index contributed by atoms with van der Waals surface area (Å²) in [6.07, 6.45) is -0.146. The van der Waals surface area contributed by atoms with Crippen molar-refractivity contribution < 1.29 is 24.2 Å². The Bertz CT molecular complexity index is 1810. The number of carbonyl (C=O) groups is 2. The van der Waals surface area contributed by atoms with Crippen LogP contribution in [0.3, 0.4) is 0 Å². The van der Waals surface area contributed by atoms with Crippen LogP contribution in [0.25, 0.3) is 11.1 Å². The molecule has 5 aromatic rings. The maximum absolute atomic E-state index is 12.7. The van der Waals surface area contributed by atoms with E-state index in [-0.39, 0.29) is 30.6 Å². The number of aliphatic hydroxyl groups is 1. The molecule has 0 unspecified atom stereocenters. The topological polar surface area (TPSA) is 96.9 Å². The summed E-state index contributed by atoms with van der Waals surface area (Å²) < 4.78 is 13.1. The fourth-order valence-electron chi connectivity index (χ4n) is 5.69. The Kier molecular flexibility index (Phi) is 11.0. The quantitative estimate of drug-likeness (QED) is 0.124. The summed E-state index contributed by atoms with van der Waals surface area (Å²) in [6.45, 7) is 1.90. The summed E-state index contributed by atoms with van der Waals surface area (Å²) in [5, 5.41) is 15.4. The standard InChI is InChI=1S/C40H38N2O5S/c1-27(44)42-34-19-21-36(22-20-34)48-26-35-23-38(30-13-11-28(25-43)12-14-30)47-40(46-35)32-17-15-29(16-18-32)37-10-6-5-9-33(37)24-41-39(45)31-7-3-2-4-8-31/h2-22,35,38,40,43H,23-26H2,1H3,(H,41,45)(H,42,44)/t35-,38+,40+/m0/s1. The van der Waals surface area contributed by atoms with Crippen molar-refractivity contribution in [1.29, 1.82) is 0 Å². The highest BCUT2D eigenvalue weighted by molar-refractivity contribution is 7.99. The number of ether oxygens (including phenoxy) is 2. The van der Waals surface area contributed by atoms with Gasteiger partial charge in [-0.3, -0.25) is 9.59 Å². The molecule has 3 atom stereocenters. The Morgan fingerprint density at radius 3 is 2.19 bits per heavy atom. The molecule has 0 aromatic heterocycles. The van der Waals surface area contributed by atoms with E-state index in [1.54, 1.807) is 23.9 Å². The Labute approximate surface area is 285 Å². The molecular weight excluding hydrogens is 621 g/mol. The predicted octanol–water partition coefficient (Wildman–Crippen LogP) is 8.07. The van der Waals surface area contributed by atoms with Gasteiger partial charge in [-0.05, 0) is 64.2 Å². The maximum atomic E-state index is 12.7. The van der Waals surface area contributed by atoms with Gasteiger partial charge in [-0.2, -0.15) is 0 Å². The van der Waals surface area contributed by atoms with Crippen molar-refractivity contribution in [2.75, 3.05) is 11.1 Å². The lowest BCUT2D eigenvalue weighted by Gasteiger charge is -2.36. The van der Waals surface area contributed by atoms with Crippen LogP contribution in [0.15, 0.2) is 132 Å². The zero-order valence-corrected chi connectivity index (χ0v) is 27.5. The van der Waals surface area contributed by atoms with E-state index >= 15 is 0 Å². The first-order valence-electron chi connectivity index (χ1n) is 16.0. The Balaban J connectivity index is 1.17. The second-order valence-electron chi connectivity index (χ2n) is 11.7. The number of carbonyl (C=O) groups excluding carboxylic acids is 2. The minimum atomic E-state index is -0.566. The molecule has 3 N–H and O–H groups in total. The number of hydrogen-bond donors (Lipinski definition) is 3. The van der Waals surface area contributed by atoms with Crippen LogP contribution < -0.4 is 10.6 Å². The summed E-state index contributed by atoms with van der Waals surface area (Å²) in [6, 6.07) is 41.2. The first kappa shape index (κ1) is 33.2. The van der Waals surface area contributed by atoms with Crippen molar-refractivity contribution in [2.24, 2.45) is 0 Å². The lowest BCUT2D eigenvalue weighted by molar-refractivity contribution is -0.245. The van der Waals surface area contributed by atoms with E-state index < -0.39 is 6.29 Å². The molecule has 8 heteroatoms. The molecule has 1 heterocycles. The van der Waals surface area contributed by atoms with Gasteiger partial charge in [0.15, 0.2) is 6.29 Å². The molecule has 1 saturated heterocycles. The van der Waals surface area contributed by atoms with E-state index in [0.29, 0.717) is 18.5 Å². The first-order chi connectivity index (χ1) is 23.4. The van der Waals surface area contributed by atoms with Crippen molar-refractivity contribution in [3.8, 4) is 11.1 Å². The summed E-state index contributed by atoms with van der Waals surface area (Å²) in [7, 11) is 0. The number of nitrogens with one attached hydrogen (secondary N) is 2. The lowest BCUT2D eigenvalue weighted by Crippen LogP contribution is -2.31. The van der Waals surface area contributed by atoms with Crippen LogP contribution in [0.2, 0.25) is 0 Å². The van der Waals surface area contributed by atoms with Gasteiger partial charge in [-0.1, -0.05) is 91.0 Å². The van der Waals surface area contributed by atoms with Crippen LogP contribution in [0.1, 0.15) is 58.4 Å². The summed E-state index contributed by atoms with van der Waals surface area (Å²) in [5.74, 6) is 0.521. The molecule has 1 aliphatic rings. The molecule has 0 saturated carbocycles. The lowest BCUT2D eigenvalue weighted by atomic mass is 9.97. The van der Waals surface area contributed by atoms with Gasteiger partial charge < -0.3 is 25.2 Å². The summed E-state index contributed by atoms with van der Waals surface area (Å²) in [4.78, 5) is 25.2. The van der Waals surface area contributed by atoms with Gasteiger partial charge in [0.05, 0.1) is 18.8 Å². The fraction of sp³-hybridized carbons (Fsp3) is 0.200. The van der Waals surface area contributed by atoms with Crippen molar-refractivity contribution in [3.63, 3.8) is 0 Å². The summed E-state index contributed by atoms with van der Waals surface area (Å²) >= 11 is 1.71. The SMILES string of the molecule is CC(=O)Nc1ccc(SC[C@@H]2C[C@H](c3ccc(CO)cc3)O[C@H](c3ccc(-c4ccccc4CNC(=O)c4ccccc4)cc3)O2)cc1. The molecule has 1 fully saturated rings. The second-order valence-corrected chi connectivity index (χ2v) is 12.8. The van der Waals surface area contributed by atoms with Gasteiger partial charge in [0.1, 0.15) is 0 Å². The van der Waals surface area contributed by atoms with Gasteiger partial charge in [0.25, 0.3) is 5.91 Å². The van der Waals surface area contributed by atoms with Crippen LogP contribution in [-0.4, -0.2) is 28.8 Å². The van der Waals surface area contributed by atoms with E-state index in [0.717, 1.165) is 49.7 Å². The normalized spacial score (nSPS) is 17.4. The molecule has 0 bridgehead atoms. The average Bonchev–Trinajstić information content (AvgIpc) is 3.14. The zero-order chi connectivity index (χ0) is 33.3. The highest BCUT2D eigenvalue weighted by Crippen LogP contribution is 2.40. The first-order valence-corrected chi connectivity index (χ1v) is 17.0. The summed E-state index contributed by atoms with van der Waals surface area (Å²) in [5.41, 5.74) is 7.31. The van der Waals surface area contributed by atoms with E-state index in [1.807, 2.05) is 97.1 Å². The molecule has 0 radical (unpaired) electrons. The van der Waals surface area contributed by atoms with Crippen LogP contribution in [-0.2, 0) is 27.4 Å². The van der Waals surface area contributed by atoms with Crippen LogP contribution in [0.5, 0.6) is 0 Å². The number of hydrogen-bond acceptors (Lipinski definition) is 6. The van der Waals surface area contributed by atoms with Gasteiger partial charge in [-0.15, -0.1) is 11.8 Å². The molecule has 0 spiro atoms. The van der Waals surface area contributed by atoms with Crippen LogP contribution in [0, 0.1) is 0 Å². The van der Waals surface area contributed by atoms with E-state index in [9.17, 15) is 14.7 Å². The second kappa shape index (κ2) is 15.9. The highest BCUT2D eigenvalue weighted by atomic mass is 32.2. The molecule has 1 aliphatic heterocycles. The van der Waals surface area contributed by atoms with Gasteiger partial charge in [0, 0.05) is 47.4 Å².